The summed E-state index contributed by atoms with van der Waals surface area (Å²) in [7, 11) is 2.03. The molecule has 2 aliphatic heterocycles. The molecule has 2 saturated heterocycles. The first-order valence-corrected chi connectivity index (χ1v) is 15.0. The molecular formula is C32H34F3N7O2. The summed E-state index contributed by atoms with van der Waals surface area (Å²) in [5.41, 5.74) is 2.03. The van der Waals surface area contributed by atoms with Gasteiger partial charge in [-0.2, -0.15) is 9.97 Å². The quantitative estimate of drug-likeness (QED) is 0.284. The van der Waals surface area contributed by atoms with Crippen molar-refractivity contribution in [3.05, 3.63) is 64.9 Å². The van der Waals surface area contributed by atoms with Crippen LogP contribution in [0.25, 0.3) is 27.0 Å². The zero-order valence-electron chi connectivity index (χ0n) is 24.7. The van der Waals surface area contributed by atoms with E-state index in [0.717, 1.165) is 37.8 Å². The maximum absolute atomic E-state index is 16.5. The molecule has 4 heterocycles. The van der Waals surface area contributed by atoms with Crippen molar-refractivity contribution < 1.29 is 22.7 Å². The van der Waals surface area contributed by atoms with Gasteiger partial charge in [-0.25, -0.2) is 19.7 Å². The molecule has 0 N–H and O–H groups in total. The molecule has 9 nitrogen and oxygen atoms in total. The SMILES string of the molecule is [C-]#[N+]C[C@H]1CN(c2nc(OC[C@@H]3CCCN3C)nc3c(F)c(-c4ccc(F)c5c4CCCC5)ncc23)CCN1C(=O)C(=C)F. The van der Waals surface area contributed by atoms with Crippen LogP contribution in [0, 0.1) is 18.2 Å². The fourth-order valence-electron chi connectivity index (χ4n) is 6.65. The Balaban J connectivity index is 1.43. The molecule has 230 valence electrons. The number of piperazine rings is 1. The number of carbonyl (C=O) groups is 1. The molecule has 2 fully saturated rings. The van der Waals surface area contributed by atoms with E-state index in [-0.39, 0.29) is 55.3 Å². The molecule has 1 aromatic carbocycles. The fraction of sp³-hybridized carbons (Fsp3) is 0.469. The highest BCUT2D eigenvalue weighted by atomic mass is 19.1. The third-order valence-corrected chi connectivity index (χ3v) is 9.03. The molecule has 0 unspecified atom stereocenters. The van der Waals surface area contributed by atoms with E-state index in [1.165, 1.54) is 17.2 Å². The number of hydrogen-bond acceptors (Lipinski definition) is 7. The lowest BCUT2D eigenvalue weighted by atomic mass is 9.86. The largest absolute Gasteiger partial charge is 0.462 e. The van der Waals surface area contributed by atoms with Gasteiger partial charge in [0.1, 0.15) is 35.5 Å². The molecule has 3 aliphatic rings. The average Bonchev–Trinajstić information content (AvgIpc) is 3.44. The maximum atomic E-state index is 16.5. The Labute approximate surface area is 254 Å². The summed E-state index contributed by atoms with van der Waals surface area (Å²) in [5, 5.41) is 0.337. The summed E-state index contributed by atoms with van der Waals surface area (Å²) in [6.07, 6.45) is 6.52. The second-order valence-corrected chi connectivity index (χ2v) is 11.7. The van der Waals surface area contributed by atoms with Crippen LogP contribution < -0.4 is 9.64 Å². The van der Waals surface area contributed by atoms with Crippen LogP contribution in [0.15, 0.2) is 30.7 Å². The maximum Gasteiger partial charge on any atom is 0.319 e. The minimum absolute atomic E-state index is 0.00218. The number of carbonyl (C=O) groups excluding carboxylic acids is 1. The Morgan fingerprint density at radius 3 is 2.64 bits per heavy atom. The minimum atomic E-state index is -1.09. The number of anilines is 1. The Morgan fingerprint density at radius 2 is 1.91 bits per heavy atom. The van der Waals surface area contributed by atoms with Crippen LogP contribution in [-0.4, -0.2) is 89.1 Å². The van der Waals surface area contributed by atoms with Crippen LogP contribution in [0.3, 0.4) is 0 Å². The van der Waals surface area contributed by atoms with Crippen LogP contribution in [0.4, 0.5) is 19.0 Å². The highest BCUT2D eigenvalue weighted by molar-refractivity contribution is 5.93. The van der Waals surface area contributed by atoms with Crippen LogP contribution in [0.1, 0.15) is 36.8 Å². The molecule has 0 spiro atoms. The van der Waals surface area contributed by atoms with Gasteiger partial charge in [0.25, 0.3) is 5.91 Å². The smallest absolute Gasteiger partial charge is 0.319 e. The van der Waals surface area contributed by atoms with Gasteiger partial charge in [-0.05, 0) is 75.4 Å². The number of likely N-dealkylation sites (N-methyl/N-ethyl adjacent to an activating group) is 1. The Kier molecular flexibility index (Phi) is 8.40. The number of amides is 1. The van der Waals surface area contributed by atoms with Crippen molar-refractivity contribution in [2.45, 2.75) is 50.6 Å². The zero-order chi connectivity index (χ0) is 31.0. The van der Waals surface area contributed by atoms with E-state index < -0.39 is 23.6 Å². The Bertz CT molecular complexity index is 1660. The van der Waals surface area contributed by atoms with Crippen LogP contribution >= 0.6 is 0 Å². The lowest BCUT2D eigenvalue weighted by Gasteiger charge is -2.39. The molecule has 6 rings (SSSR count). The van der Waals surface area contributed by atoms with E-state index in [0.29, 0.717) is 41.8 Å². The number of rotatable bonds is 7. The third-order valence-electron chi connectivity index (χ3n) is 9.03. The fourth-order valence-corrected chi connectivity index (χ4v) is 6.65. The first kappa shape index (κ1) is 29.8. The number of aromatic nitrogens is 3. The van der Waals surface area contributed by atoms with Crippen molar-refractivity contribution in [2.24, 2.45) is 0 Å². The summed E-state index contributed by atoms with van der Waals surface area (Å²) in [6.45, 7) is 12.3. The van der Waals surface area contributed by atoms with Gasteiger partial charge in [0.15, 0.2) is 11.6 Å². The molecular weight excluding hydrogens is 571 g/mol. The molecule has 2 aromatic heterocycles. The lowest BCUT2D eigenvalue weighted by molar-refractivity contribution is -0.131. The number of fused-ring (bicyclic) bond motifs is 2. The van der Waals surface area contributed by atoms with Crippen LogP contribution in [0.5, 0.6) is 6.01 Å². The van der Waals surface area contributed by atoms with E-state index >= 15 is 4.39 Å². The minimum Gasteiger partial charge on any atom is -0.462 e. The van der Waals surface area contributed by atoms with Gasteiger partial charge in [0.05, 0.1) is 5.39 Å². The van der Waals surface area contributed by atoms with Crippen molar-refractivity contribution in [1.82, 2.24) is 24.8 Å². The Hall–Kier alpha value is -4.24. The molecule has 0 bridgehead atoms. The van der Waals surface area contributed by atoms with E-state index in [4.69, 9.17) is 11.3 Å². The molecule has 2 atom stereocenters. The molecule has 44 heavy (non-hydrogen) atoms. The second-order valence-electron chi connectivity index (χ2n) is 11.7. The van der Waals surface area contributed by atoms with E-state index in [1.807, 2.05) is 11.9 Å². The van der Waals surface area contributed by atoms with Crippen molar-refractivity contribution in [3.63, 3.8) is 0 Å². The number of likely N-dealkylation sites (tertiary alicyclic amines) is 1. The van der Waals surface area contributed by atoms with E-state index in [1.54, 1.807) is 6.07 Å². The van der Waals surface area contributed by atoms with Gasteiger partial charge in [0.2, 0.25) is 6.54 Å². The predicted octanol–water partition coefficient (Wildman–Crippen LogP) is 4.74. The third kappa shape index (κ3) is 5.56. The van der Waals surface area contributed by atoms with Crippen molar-refractivity contribution in [2.75, 3.05) is 51.3 Å². The van der Waals surface area contributed by atoms with E-state index in [2.05, 4.69) is 31.3 Å². The molecule has 0 saturated carbocycles. The summed E-state index contributed by atoms with van der Waals surface area (Å²) in [5.74, 6) is -2.53. The van der Waals surface area contributed by atoms with Gasteiger partial charge in [-0.3, -0.25) is 9.78 Å². The highest BCUT2D eigenvalue weighted by Crippen LogP contribution is 2.37. The summed E-state index contributed by atoms with van der Waals surface area (Å²) >= 11 is 0. The number of ether oxygens (including phenoxy) is 1. The van der Waals surface area contributed by atoms with Crippen LogP contribution in [-0.2, 0) is 17.6 Å². The molecule has 3 aromatic rings. The summed E-state index contributed by atoms with van der Waals surface area (Å²) < 4.78 is 51.0. The molecule has 0 radical (unpaired) electrons. The van der Waals surface area contributed by atoms with Crippen molar-refractivity contribution in [1.29, 1.82) is 0 Å². The topological polar surface area (TPSA) is 79.1 Å². The monoisotopic (exact) mass is 605 g/mol. The van der Waals surface area contributed by atoms with Crippen molar-refractivity contribution in [3.8, 4) is 17.3 Å². The summed E-state index contributed by atoms with van der Waals surface area (Å²) in [6, 6.07) is 2.49. The average molecular weight is 606 g/mol. The van der Waals surface area contributed by atoms with Crippen LogP contribution in [0.2, 0.25) is 0 Å². The second kappa shape index (κ2) is 12.4. The zero-order valence-corrected chi connectivity index (χ0v) is 24.7. The van der Waals surface area contributed by atoms with Gasteiger partial charge in [0, 0.05) is 37.4 Å². The molecule has 1 amide bonds. The van der Waals surface area contributed by atoms with Gasteiger partial charge >= 0.3 is 6.01 Å². The van der Waals surface area contributed by atoms with Gasteiger partial charge in [-0.15, -0.1) is 0 Å². The number of nitrogens with zero attached hydrogens (tertiary/aromatic N) is 7. The normalized spacial score (nSPS) is 20.4. The first-order valence-electron chi connectivity index (χ1n) is 15.0. The highest BCUT2D eigenvalue weighted by Gasteiger charge is 2.35. The van der Waals surface area contributed by atoms with Gasteiger partial charge in [-0.1, -0.05) is 6.58 Å². The van der Waals surface area contributed by atoms with Gasteiger partial charge < -0.3 is 24.3 Å². The van der Waals surface area contributed by atoms with Crippen molar-refractivity contribution >= 4 is 22.6 Å². The number of halogens is 3. The number of hydrogen-bond donors (Lipinski definition) is 0. The molecule has 1 aliphatic carbocycles. The molecule has 12 heteroatoms. The van der Waals surface area contributed by atoms with E-state index in [9.17, 15) is 13.6 Å². The number of pyridine rings is 1. The number of benzene rings is 1. The first-order chi connectivity index (χ1) is 21.3. The summed E-state index contributed by atoms with van der Waals surface area (Å²) in [4.78, 5) is 35.0. The predicted molar refractivity (Wildman–Crippen MR) is 160 cm³/mol. The lowest BCUT2D eigenvalue weighted by Crippen LogP contribution is -2.56. The standard InChI is InChI=1S/C32H34F3N7O2/c1-19(33)31(43)42-14-13-41(17-21(42)15-36-2)30-25-16-37-28(24-10-11-26(34)23-9-5-4-8-22(23)24)27(35)29(25)38-32(39-30)44-18-20-7-6-12-40(20)3/h10-11,16,20-21H,1,4-9,12-15,17-18H2,3H3/t20-,21-/m0/s1. The Morgan fingerprint density at radius 1 is 1.11 bits per heavy atom.